The highest BCUT2D eigenvalue weighted by Gasteiger charge is 2.41. The van der Waals surface area contributed by atoms with Gasteiger partial charge in [-0.05, 0) is 50.3 Å². The van der Waals surface area contributed by atoms with Crippen LogP contribution < -0.4 is 5.32 Å². The minimum absolute atomic E-state index is 0.114. The van der Waals surface area contributed by atoms with Crippen molar-refractivity contribution in [3.8, 4) is 0 Å². The van der Waals surface area contributed by atoms with Crippen LogP contribution in [0.1, 0.15) is 49.9 Å². The Morgan fingerprint density at radius 2 is 1.94 bits per heavy atom. The number of pyridine rings is 1. The Morgan fingerprint density at radius 3 is 2.62 bits per heavy atom. The van der Waals surface area contributed by atoms with Gasteiger partial charge >= 0.3 is 5.97 Å². The molecule has 0 saturated carbocycles. The third-order valence-electron chi connectivity index (χ3n) is 5.51. The predicted molar refractivity (Wildman–Crippen MR) is 133 cm³/mol. The smallest absolute Gasteiger partial charge is 0.338 e. The maximum absolute atomic E-state index is 13.2. The summed E-state index contributed by atoms with van der Waals surface area (Å²) >= 11 is 1.46. The van der Waals surface area contributed by atoms with Gasteiger partial charge in [-0.2, -0.15) is 0 Å². The van der Waals surface area contributed by atoms with Gasteiger partial charge in [-0.1, -0.05) is 47.7 Å². The fourth-order valence-electron chi connectivity index (χ4n) is 3.90. The second kappa shape index (κ2) is 10.3. The number of ether oxygens (including phenoxy) is 1. The number of hydrogen-bond acceptors (Lipinski definition) is 7. The summed E-state index contributed by atoms with van der Waals surface area (Å²) in [4.78, 5) is 36.7. The third-order valence-corrected chi connectivity index (χ3v) is 6.40. The molecule has 0 radical (unpaired) electrons. The van der Waals surface area contributed by atoms with E-state index >= 15 is 0 Å². The molecular formula is C26H28N4O3S. The van der Waals surface area contributed by atoms with Gasteiger partial charge in [0.05, 0.1) is 29.8 Å². The number of carbonyl (C=O) groups excluding carboxylic acids is 2. The molecule has 34 heavy (non-hydrogen) atoms. The SMILES string of the molecule is CC1=C(C(=O)OC(C)C)C(c2ccc(C)cc2)N2C(CC(=O)NCc3cccnc3)=CSC2=N1. The molecule has 7 nitrogen and oxygen atoms in total. The molecule has 2 aromatic rings. The number of amidine groups is 1. The van der Waals surface area contributed by atoms with Crippen LogP contribution in [0.4, 0.5) is 0 Å². The van der Waals surface area contributed by atoms with Gasteiger partial charge in [0, 0.05) is 24.6 Å². The lowest BCUT2D eigenvalue weighted by molar-refractivity contribution is -0.143. The second-order valence-corrected chi connectivity index (χ2v) is 9.41. The molecule has 1 unspecified atom stereocenters. The molecule has 8 heteroatoms. The molecule has 4 rings (SSSR count). The maximum Gasteiger partial charge on any atom is 0.338 e. The number of nitrogens with one attached hydrogen (secondary N) is 1. The van der Waals surface area contributed by atoms with Gasteiger partial charge in [-0.3, -0.25) is 9.78 Å². The lowest BCUT2D eigenvalue weighted by Gasteiger charge is -2.36. The highest BCUT2D eigenvalue weighted by atomic mass is 32.2. The number of esters is 1. The minimum atomic E-state index is -0.424. The van der Waals surface area contributed by atoms with E-state index in [1.165, 1.54) is 11.8 Å². The highest BCUT2D eigenvalue weighted by Crippen LogP contribution is 2.44. The number of thioether (sulfide) groups is 1. The lowest BCUT2D eigenvalue weighted by Crippen LogP contribution is -2.38. The summed E-state index contributed by atoms with van der Waals surface area (Å²) < 4.78 is 5.58. The first kappa shape index (κ1) is 23.8. The molecule has 1 aromatic heterocycles. The van der Waals surface area contributed by atoms with Crippen molar-refractivity contribution in [2.45, 2.75) is 52.8 Å². The van der Waals surface area contributed by atoms with Crippen molar-refractivity contribution in [2.24, 2.45) is 4.99 Å². The van der Waals surface area contributed by atoms with E-state index in [9.17, 15) is 9.59 Å². The zero-order chi connectivity index (χ0) is 24.2. The van der Waals surface area contributed by atoms with E-state index in [0.717, 1.165) is 27.6 Å². The average molecular weight is 477 g/mol. The van der Waals surface area contributed by atoms with Gasteiger partial charge in [0.2, 0.25) is 5.91 Å². The van der Waals surface area contributed by atoms with E-state index in [1.807, 2.05) is 74.4 Å². The Kier molecular flexibility index (Phi) is 7.17. The van der Waals surface area contributed by atoms with E-state index in [1.54, 1.807) is 12.4 Å². The van der Waals surface area contributed by atoms with Crippen molar-refractivity contribution in [1.82, 2.24) is 15.2 Å². The molecular weight excluding hydrogens is 448 g/mol. The standard InChI is InChI=1S/C26H28N4O3S/c1-16(2)33-25(32)23-18(4)29-26-30(24(23)20-9-7-17(3)8-10-20)21(15-34-26)12-22(31)28-14-19-6-5-11-27-13-19/h5-11,13,15-16,24H,12,14H2,1-4H3,(H,28,31). The molecule has 0 fully saturated rings. The van der Waals surface area contributed by atoms with Crippen LogP contribution in [0.15, 0.2) is 76.2 Å². The van der Waals surface area contributed by atoms with Gasteiger partial charge in [-0.25, -0.2) is 9.79 Å². The zero-order valence-electron chi connectivity index (χ0n) is 19.7. The number of hydrogen-bond donors (Lipinski definition) is 1. The summed E-state index contributed by atoms with van der Waals surface area (Å²) in [6.45, 7) is 7.92. The summed E-state index contributed by atoms with van der Waals surface area (Å²) in [6, 6.07) is 11.4. The van der Waals surface area contributed by atoms with E-state index in [2.05, 4.69) is 10.3 Å². The van der Waals surface area contributed by atoms with Crippen LogP contribution >= 0.6 is 11.8 Å². The van der Waals surface area contributed by atoms with Crippen molar-refractivity contribution in [2.75, 3.05) is 0 Å². The number of aromatic nitrogens is 1. The van der Waals surface area contributed by atoms with E-state index < -0.39 is 12.0 Å². The first-order chi connectivity index (χ1) is 16.3. The number of benzene rings is 1. The second-order valence-electron chi connectivity index (χ2n) is 8.57. The maximum atomic E-state index is 13.2. The quantitative estimate of drug-likeness (QED) is 0.587. The minimum Gasteiger partial charge on any atom is -0.459 e. The predicted octanol–water partition coefficient (Wildman–Crippen LogP) is 4.62. The average Bonchev–Trinajstić information content (AvgIpc) is 3.19. The van der Waals surface area contributed by atoms with Crippen LogP contribution in [0.2, 0.25) is 0 Å². The molecule has 1 atom stereocenters. The monoisotopic (exact) mass is 476 g/mol. The van der Waals surface area contributed by atoms with Gasteiger partial charge in [-0.15, -0.1) is 0 Å². The molecule has 0 bridgehead atoms. The normalized spacial score (nSPS) is 17.3. The van der Waals surface area contributed by atoms with Gasteiger partial charge in [0.15, 0.2) is 5.17 Å². The molecule has 1 N–H and O–H groups in total. The van der Waals surface area contributed by atoms with Crippen LogP contribution in [0, 0.1) is 6.92 Å². The Bertz CT molecular complexity index is 1170. The molecule has 1 aromatic carbocycles. The van der Waals surface area contributed by atoms with Crippen LogP contribution in [0.5, 0.6) is 0 Å². The fourth-order valence-corrected chi connectivity index (χ4v) is 4.87. The van der Waals surface area contributed by atoms with Gasteiger partial charge < -0.3 is 15.0 Å². The summed E-state index contributed by atoms with van der Waals surface area (Å²) in [5.41, 5.74) is 4.91. The van der Waals surface area contributed by atoms with Crippen molar-refractivity contribution in [3.05, 3.63) is 87.9 Å². The van der Waals surface area contributed by atoms with Crippen molar-refractivity contribution in [1.29, 1.82) is 0 Å². The van der Waals surface area contributed by atoms with Crippen molar-refractivity contribution >= 4 is 28.8 Å². The fraction of sp³-hybridized carbons (Fsp3) is 0.308. The number of carbonyl (C=O) groups is 2. The molecule has 0 spiro atoms. The van der Waals surface area contributed by atoms with E-state index in [4.69, 9.17) is 9.73 Å². The molecule has 2 aliphatic heterocycles. The molecule has 3 heterocycles. The van der Waals surface area contributed by atoms with E-state index in [0.29, 0.717) is 17.8 Å². The molecule has 2 aliphatic rings. The molecule has 1 amide bonds. The largest absolute Gasteiger partial charge is 0.459 e. The molecule has 0 saturated heterocycles. The number of nitrogens with zero attached hydrogens (tertiary/aromatic N) is 3. The van der Waals surface area contributed by atoms with Gasteiger partial charge in [0.1, 0.15) is 0 Å². The summed E-state index contributed by atoms with van der Waals surface area (Å²) in [5.74, 6) is -0.504. The summed E-state index contributed by atoms with van der Waals surface area (Å²) in [7, 11) is 0. The van der Waals surface area contributed by atoms with Gasteiger partial charge in [0.25, 0.3) is 0 Å². The first-order valence-corrected chi connectivity index (χ1v) is 12.1. The Morgan fingerprint density at radius 1 is 1.18 bits per heavy atom. The van der Waals surface area contributed by atoms with Crippen molar-refractivity contribution in [3.63, 3.8) is 0 Å². The first-order valence-electron chi connectivity index (χ1n) is 11.2. The number of amides is 1. The third kappa shape index (κ3) is 5.22. The van der Waals surface area contributed by atoms with E-state index in [-0.39, 0.29) is 18.4 Å². The topological polar surface area (TPSA) is 83.9 Å². The Balaban J connectivity index is 1.61. The van der Waals surface area contributed by atoms with Crippen LogP contribution in [-0.2, 0) is 20.9 Å². The Labute approximate surface area is 204 Å². The van der Waals surface area contributed by atoms with Crippen LogP contribution in [-0.4, -0.2) is 33.0 Å². The number of fused-ring (bicyclic) bond motifs is 1. The molecule has 0 aliphatic carbocycles. The number of aryl methyl sites for hydroxylation is 1. The van der Waals surface area contributed by atoms with Crippen LogP contribution in [0.25, 0.3) is 0 Å². The molecule has 176 valence electrons. The number of rotatable bonds is 7. The summed E-state index contributed by atoms with van der Waals surface area (Å²) in [5, 5.41) is 5.64. The van der Waals surface area contributed by atoms with Crippen LogP contribution in [0.3, 0.4) is 0 Å². The number of aliphatic imine (C=N–C) groups is 1. The van der Waals surface area contributed by atoms with Crippen molar-refractivity contribution < 1.29 is 14.3 Å². The Hall–Kier alpha value is -3.39. The highest BCUT2D eigenvalue weighted by molar-refractivity contribution is 8.16. The summed E-state index contributed by atoms with van der Waals surface area (Å²) in [6.07, 6.45) is 3.35. The number of allylic oxidation sites excluding steroid dienone is 1. The zero-order valence-corrected chi connectivity index (χ0v) is 20.6. The lowest BCUT2D eigenvalue weighted by atomic mass is 9.93.